The van der Waals surface area contributed by atoms with Crippen molar-refractivity contribution in [3.8, 4) is 0 Å². The molecule has 1 aliphatic heterocycles. The lowest BCUT2D eigenvalue weighted by Gasteiger charge is -2.29. The third kappa shape index (κ3) is 3.47. The van der Waals surface area contributed by atoms with Gasteiger partial charge in [-0.2, -0.15) is 0 Å². The fourth-order valence-corrected chi connectivity index (χ4v) is 3.82. The molecule has 0 atom stereocenters. The molecule has 7 heteroatoms. The van der Waals surface area contributed by atoms with Gasteiger partial charge in [0.15, 0.2) is 9.84 Å². The first-order chi connectivity index (χ1) is 10.3. The number of aryl methyl sites for hydroxylation is 1. The molecular formula is C15H18NO5S-. The lowest BCUT2D eigenvalue weighted by Crippen LogP contribution is -2.35. The molecule has 0 unspecified atom stereocenters. The number of carboxylic acids is 1. The third-order valence-electron chi connectivity index (χ3n) is 3.71. The highest BCUT2D eigenvalue weighted by Crippen LogP contribution is 2.30. The molecule has 0 N–H and O–H groups in total. The first kappa shape index (κ1) is 16.5. The molecule has 1 amide bonds. The Labute approximate surface area is 129 Å². The van der Waals surface area contributed by atoms with Crippen molar-refractivity contribution >= 4 is 27.4 Å². The van der Waals surface area contributed by atoms with Crippen molar-refractivity contribution in [2.45, 2.75) is 37.5 Å². The van der Waals surface area contributed by atoms with Crippen LogP contribution in [0.25, 0.3) is 0 Å². The Morgan fingerprint density at radius 2 is 2.05 bits per heavy atom. The number of benzene rings is 1. The van der Waals surface area contributed by atoms with Crippen LogP contribution in [0, 0.1) is 0 Å². The van der Waals surface area contributed by atoms with Crippen LogP contribution in [0.3, 0.4) is 0 Å². The van der Waals surface area contributed by atoms with Gasteiger partial charge in [0, 0.05) is 31.0 Å². The predicted octanol–water partition coefficient (Wildman–Crippen LogP) is 0.290. The average molecular weight is 324 g/mol. The topological polar surface area (TPSA) is 94.6 Å². The maximum Gasteiger partial charge on any atom is 0.226 e. The van der Waals surface area contributed by atoms with Gasteiger partial charge in [0.1, 0.15) is 0 Å². The van der Waals surface area contributed by atoms with Crippen LogP contribution in [0.5, 0.6) is 0 Å². The van der Waals surface area contributed by atoms with Gasteiger partial charge < -0.3 is 14.8 Å². The minimum Gasteiger partial charge on any atom is -0.550 e. The van der Waals surface area contributed by atoms with Gasteiger partial charge in [-0.3, -0.25) is 4.79 Å². The number of rotatable bonds is 5. The number of anilines is 1. The Kier molecular flexibility index (Phi) is 4.85. The average Bonchev–Trinajstić information content (AvgIpc) is 2.51. The van der Waals surface area contributed by atoms with Gasteiger partial charge >= 0.3 is 0 Å². The summed E-state index contributed by atoms with van der Waals surface area (Å²) in [6.45, 7) is 2.42. The molecule has 0 bridgehead atoms. The maximum atomic E-state index is 12.1. The number of sulfone groups is 1. The lowest BCUT2D eigenvalue weighted by molar-refractivity contribution is -0.305. The minimum absolute atomic E-state index is 0.00788. The largest absolute Gasteiger partial charge is 0.550 e. The summed E-state index contributed by atoms with van der Waals surface area (Å²) in [6.07, 6.45) is 1.35. The molecule has 120 valence electrons. The highest BCUT2D eigenvalue weighted by Gasteiger charge is 2.23. The number of amides is 1. The summed E-state index contributed by atoms with van der Waals surface area (Å²) in [5, 5.41) is 10.4. The summed E-state index contributed by atoms with van der Waals surface area (Å²) in [4.78, 5) is 24.1. The van der Waals surface area contributed by atoms with E-state index in [2.05, 4.69) is 0 Å². The number of carboxylic acid groups (broad SMARTS) is 1. The van der Waals surface area contributed by atoms with Crippen LogP contribution in [0.15, 0.2) is 23.1 Å². The standard InChI is InChI=1S/C15H19NO5S/c1-2-14(17)16-8-3-4-11-10-12(5-6-13(11)16)22(20,21)9-7-15(18)19/h5-6,10H,2-4,7-9H2,1H3,(H,18,19)/p-1. The van der Waals surface area contributed by atoms with Crippen LogP contribution in [0.2, 0.25) is 0 Å². The van der Waals surface area contributed by atoms with Crippen molar-refractivity contribution in [1.82, 2.24) is 0 Å². The van der Waals surface area contributed by atoms with Crippen molar-refractivity contribution in [2.75, 3.05) is 17.2 Å². The summed E-state index contributed by atoms with van der Waals surface area (Å²) in [7, 11) is -3.66. The number of carbonyl (C=O) groups is 2. The molecule has 1 aromatic rings. The van der Waals surface area contributed by atoms with Gasteiger partial charge in [0.2, 0.25) is 5.91 Å². The minimum atomic E-state index is -3.66. The second-order valence-corrected chi connectivity index (χ2v) is 7.34. The summed E-state index contributed by atoms with van der Waals surface area (Å²) >= 11 is 0. The van der Waals surface area contributed by atoms with Crippen molar-refractivity contribution < 1.29 is 23.1 Å². The molecule has 6 nitrogen and oxygen atoms in total. The Balaban J connectivity index is 2.32. The number of nitrogens with zero attached hydrogens (tertiary/aromatic N) is 1. The number of fused-ring (bicyclic) bond motifs is 1. The van der Waals surface area contributed by atoms with Gasteiger partial charge in [-0.25, -0.2) is 8.42 Å². The van der Waals surface area contributed by atoms with Gasteiger partial charge in [0.25, 0.3) is 0 Å². The smallest absolute Gasteiger partial charge is 0.226 e. The van der Waals surface area contributed by atoms with E-state index >= 15 is 0 Å². The highest BCUT2D eigenvalue weighted by atomic mass is 32.2. The molecule has 1 aromatic carbocycles. The van der Waals surface area contributed by atoms with Crippen molar-refractivity contribution in [3.63, 3.8) is 0 Å². The van der Waals surface area contributed by atoms with Crippen molar-refractivity contribution in [3.05, 3.63) is 23.8 Å². The quantitative estimate of drug-likeness (QED) is 0.776. The number of hydrogen-bond donors (Lipinski definition) is 0. The van der Waals surface area contributed by atoms with Crippen LogP contribution in [-0.4, -0.2) is 32.6 Å². The Morgan fingerprint density at radius 1 is 1.32 bits per heavy atom. The van der Waals surface area contributed by atoms with E-state index in [1.54, 1.807) is 24.0 Å². The third-order valence-corrected chi connectivity index (χ3v) is 5.42. The van der Waals surface area contributed by atoms with E-state index < -0.39 is 28.0 Å². The van der Waals surface area contributed by atoms with Gasteiger partial charge in [0.05, 0.1) is 10.6 Å². The SMILES string of the molecule is CCC(=O)N1CCCc2cc(S(=O)(=O)CCC(=O)[O-])ccc21. The van der Waals surface area contributed by atoms with Crippen molar-refractivity contribution in [2.24, 2.45) is 0 Å². The van der Waals surface area contributed by atoms with Gasteiger partial charge in [-0.15, -0.1) is 0 Å². The monoisotopic (exact) mass is 324 g/mol. The van der Waals surface area contributed by atoms with E-state index in [-0.39, 0.29) is 10.8 Å². The molecular weight excluding hydrogens is 306 g/mol. The Bertz CT molecular complexity index is 696. The van der Waals surface area contributed by atoms with Gasteiger partial charge in [-0.05, 0) is 36.6 Å². The fraction of sp³-hybridized carbons (Fsp3) is 0.467. The zero-order valence-electron chi connectivity index (χ0n) is 12.4. The first-order valence-corrected chi connectivity index (χ1v) is 8.86. The normalized spacial score (nSPS) is 14.5. The van der Waals surface area contributed by atoms with E-state index in [1.165, 1.54) is 6.07 Å². The Hall–Kier alpha value is -1.89. The zero-order chi connectivity index (χ0) is 16.3. The van der Waals surface area contributed by atoms with E-state index in [0.29, 0.717) is 19.4 Å². The molecule has 22 heavy (non-hydrogen) atoms. The zero-order valence-corrected chi connectivity index (χ0v) is 13.2. The van der Waals surface area contributed by atoms with Crippen LogP contribution in [0.1, 0.15) is 31.7 Å². The summed E-state index contributed by atoms with van der Waals surface area (Å²) in [5.74, 6) is -1.86. The lowest BCUT2D eigenvalue weighted by atomic mass is 10.0. The van der Waals surface area contributed by atoms with E-state index in [4.69, 9.17) is 0 Å². The molecule has 0 spiro atoms. The summed E-state index contributed by atoms with van der Waals surface area (Å²) < 4.78 is 24.2. The molecule has 1 heterocycles. The fourth-order valence-electron chi connectivity index (χ4n) is 2.55. The maximum absolute atomic E-state index is 12.1. The number of carbonyl (C=O) groups excluding carboxylic acids is 2. The van der Waals surface area contributed by atoms with E-state index in [9.17, 15) is 23.1 Å². The van der Waals surface area contributed by atoms with Gasteiger partial charge in [-0.1, -0.05) is 6.92 Å². The second-order valence-electron chi connectivity index (χ2n) is 5.23. The molecule has 0 saturated heterocycles. The first-order valence-electron chi connectivity index (χ1n) is 7.21. The highest BCUT2D eigenvalue weighted by molar-refractivity contribution is 7.91. The van der Waals surface area contributed by atoms with E-state index in [1.807, 2.05) is 0 Å². The summed E-state index contributed by atoms with van der Waals surface area (Å²) in [6, 6.07) is 4.62. The predicted molar refractivity (Wildman–Crippen MR) is 79.1 cm³/mol. The van der Waals surface area contributed by atoms with E-state index in [0.717, 1.165) is 17.7 Å². The van der Waals surface area contributed by atoms with Crippen LogP contribution in [0.4, 0.5) is 5.69 Å². The van der Waals surface area contributed by atoms with Crippen LogP contribution >= 0.6 is 0 Å². The van der Waals surface area contributed by atoms with Crippen molar-refractivity contribution in [1.29, 1.82) is 0 Å². The molecule has 0 saturated carbocycles. The second kappa shape index (κ2) is 6.48. The molecule has 0 radical (unpaired) electrons. The van der Waals surface area contributed by atoms with Crippen LogP contribution < -0.4 is 10.0 Å². The molecule has 1 aliphatic rings. The molecule has 0 aromatic heterocycles. The molecule has 0 aliphatic carbocycles. The number of aliphatic carboxylic acids is 1. The summed E-state index contributed by atoms with van der Waals surface area (Å²) in [5.41, 5.74) is 1.56. The molecule has 2 rings (SSSR count). The number of hydrogen-bond acceptors (Lipinski definition) is 5. The molecule has 0 fully saturated rings. The van der Waals surface area contributed by atoms with Crippen LogP contribution in [-0.2, 0) is 25.8 Å². The Morgan fingerprint density at radius 3 is 2.68 bits per heavy atom.